The molecule has 0 saturated carbocycles. The van der Waals surface area contributed by atoms with Crippen molar-refractivity contribution >= 4 is 0 Å². The molecule has 76 valence electrons. The lowest BCUT2D eigenvalue weighted by molar-refractivity contribution is 0.603. The van der Waals surface area contributed by atoms with Gasteiger partial charge in [-0.1, -0.05) is 0 Å². The third-order valence-electron chi connectivity index (χ3n) is 2.80. The zero-order valence-electron chi connectivity index (χ0n) is 8.55. The lowest BCUT2D eigenvalue weighted by Crippen LogP contribution is -2.23. The van der Waals surface area contributed by atoms with Gasteiger partial charge in [0.05, 0.1) is 11.7 Å². The number of hydrogen-bond donors (Lipinski definition) is 2. The Labute approximate surface area is 82.8 Å². The number of fused-ring (bicyclic) bond motifs is 1. The minimum Gasteiger partial charge on any atom is -0.311 e. The Morgan fingerprint density at radius 3 is 3.00 bits per heavy atom. The topological polar surface area (TPSA) is 57.8 Å². The molecule has 1 aliphatic rings. The van der Waals surface area contributed by atoms with E-state index in [-0.39, 0.29) is 11.6 Å². The summed E-state index contributed by atoms with van der Waals surface area (Å²) in [4.78, 5) is 18.9. The average molecular weight is 193 g/mol. The Hall–Kier alpha value is -1.16. The molecule has 2 N–H and O–H groups in total. The summed E-state index contributed by atoms with van der Waals surface area (Å²) < 4.78 is 0. The molecule has 0 radical (unpaired) electrons. The molecule has 0 spiro atoms. The highest BCUT2D eigenvalue weighted by atomic mass is 16.1. The SMILES string of the molecule is CNC(C)c1nc2c(c(=O)[nH]1)CCC2. The number of aromatic nitrogens is 2. The van der Waals surface area contributed by atoms with Gasteiger partial charge in [0, 0.05) is 5.56 Å². The van der Waals surface area contributed by atoms with E-state index in [0.29, 0.717) is 0 Å². The van der Waals surface area contributed by atoms with Gasteiger partial charge in [0.25, 0.3) is 5.56 Å². The van der Waals surface area contributed by atoms with Crippen LogP contribution in [0.15, 0.2) is 4.79 Å². The quantitative estimate of drug-likeness (QED) is 0.720. The number of nitrogens with one attached hydrogen (secondary N) is 2. The summed E-state index contributed by atoms with van der Waals surface area (Å²) in [5, 5.41) is 3.07. The first-order chi connectivity index (χ1) is 6.72. The molecule has 1 aliphatic carbocycles. The molecular formula is C10H15N3O. The minimum atomic E-state index is 0.0459. The third-order valence-corrected chi connectivity index (χ3v) is 2.80. The summed E-state index contributed by atoms with van der Waals surface area (Å²) in [6, 6.07) is 0.105. The summed E-state index contributed by atoms with van der Waals surface area (Å²) in [5.41, 5.74) is 1.92. The Kier molecular flexibility index (Phi) is 2.37. The van der Waals surface area contributed by atoms with Gasteiger partial charge in [0.15, 0.2) is 0 Å². The maximum absolute atomic E-state index is 11.6. The second kappa shape index (κ2) is 3.53. The molecule has 4 nitrogen and oxygen atoms in total. The van der Waals surface area contributed by atoms with Crippen LogP contribution in [0.25, 0.3) is 0 Å². The van der Waals surface area contributed by atoms with Crippen LogP contribution in [-0.2, 0) is 12.8 Å². The molecule has 1 atom stereocenters. The molecule has 14 heavy (non-hydrogen) atoms. The van der Waals surface area contributed by atoms with Crippen molar-refractivity contribution in [2.45, 2.75) is 32.2 Å². The van der Waals surface area contributed by atoms with Gasteiger partial charge in [-0.15, -0.1) is 0 Å². The number of H-pyrrole nitrogens is 1. The van der Waals surface area contributed by atoms with Crippen LogP contribution >= 0.6 is 0 Å². The minimum absolute atomic E-state index is 0.0459. The summed E-state index contributed by atoms with van der Waals surface area (Å²) >= 11 is 0. The smallest absolute Gasteiger partial charge is 0.254 e. The first kappa shape index (κ1) is 9.40. The number of hydrogen-bond acceptors (Lipinski definition) is 3. The zero-order valence-corrected chi connectivity index (χ0v) is 8.55. The van der Waals surface area contributed by atoms with E-state index in [4.69, 9.17) is 0 Å². The Balaban J connectivity index is 2.47. The predicted molar refractivity (Wildman–Crippen MR) is 54.4 cm³/mol. The second-order valence-corrected chi connectivity index (χ2v) is 3.74. The number of nitrogens with zero attached hydrogens (tertiary/aromatic N) is 1. The van der Waals surface area contributed by atoms with Crippen LogP contribution in [0.2, 0.25) is 0 Å². The average Bonchev–Trinajstić information content (AvgIpc) is 2.64. The van der Waals surface area contributed by atoms with Crippen molar-refractivity contribution in [1.82, 2.24) is 15.3 Å². The Bertz CT molecular complexity index is 397. The van der Waals surface area contributed by atoms with Crippen LogP contribution in [0.5, 0.6) is 0 Å². The highest BCUT2D eigenvalue weighted by molar-refractivity contribution is 5.23. The fourth-order valence-electron chi connectivity index (χ4n) is 1.80. The van der Waals surface area contributed by atoms with Crippen molar-refractivity contribution in [2.24, 2.45) is 0 Å². The number of rotatable bonds is 2. The van der Waals surface area contributed by atoms with Gasteiger partial charge in [-0.05, 0) is 33.2 Å². The van der Waals surface area contributed by atoms with Gasteiger partial charge >= 0.3 is 0 Å². The molecule has 1 unspecified atom stereocenters. The van der Waals surface area contributed by atoms with Crippen molar-refractivity contribution in [3.63, 3.8) is 0 Å². The molecular weight excluding hydrogens is 178 g/mol. The van der Waals surface area contributed by atoms with Crippen LogP contribution in [0.1, 0.15) is 36.5 Å². The van der Waals surface area contributed by atoms with Crippen molar-refractivity contribution in [1.29, 1.82) is 0 Å². The van der Waals surface area contributed by atoms with E-state index in [9.17, 15) is 4.79 Å². The van der Waals surface area contributed by atoms with Crippen LogP contribution in [-0.4, -0.2) is 17.0 Å². The normalized spacial score (nSPS) is 16.7. The molecule has 4 heteroatoms. The van der Waals surface area contributed by atoms with Gasteiger partial charge in [-0.25, -0.2) is 4.98 Å². The summed E-state index contributed by atoms with van der Waals surface area (Å²) in [6.45, 7) is 1.99. The van der Waals surface area contributed by atoms with E-state index in [1.54, 1.807) is 0 Å². The van der Waals surface area contributed by atoms with E-state index in [1.807, 2.05) is 14.0 Å². The van der Waals surface area contributed by atoms with Crippen LogP contribution < -0.4 is 10.9 Å². The van der Waals surface area contributed by atoms with Gasteiger partial charge in [-0.3, -0.25) is 4.79 Å². The molecule has 0 amide bonds. The van der Waals surface area contributed by atoms with Crippen molar-refractivity contribution in [3.05, 3.63) is 27.4 Å². The third kappa shape index (κ3) is 1.46. The summed E-state index contributed by atoms with van der Waals surface area (Å²) in [6.07, 6.45) is 2.89. The van der Waals surface area contributed by atoms with Gasteiger partial charge < -0.3 is 10.3 Å². The van der Waals surface area contributed by atoms with Crippen molar-refractivity contribution in [3.8, 4) is 0 Å². The molecule has 1 aromatic rings. The van der Waals surface area contributed by atoms with E-state index < -0.39 is 0 Å². The molecule has 0 aromatic carbocycles. The van der Waals surface area contributed by atoms with E-state index in [0.717, 1.165) is 36.3 Å². The maximum Gasteiger partial charge on any atom is 0.254 e. The van der Waals surface area contributed by atoms with Crippen LogP contribution in [0.3, 0.4) is 0 Å². The van der Waals surface area contributed by atoms with Gasteiger partial charge in [0.1, 0.15) is 5.82 Å². The predicted octanol–water partition coefficient (Wildman–Crippen LogP) is 0.539. The molecule has 0 saturated heterocycles. The molecule has 0 bridgehead atoms. The summed E-state index contributed by atoms with van der Waals surface area (Å²) in [7, 11) is 1.86. The number of aryl methyl sites for hydroxylation is 1. The molecule has 1 heterocycles. The fraction of sp³-hybridized carbons (Fsp3) is 0.600. The van der Waals surface area contributed by atoms with Crippen molar-refractivity contribution in [2.75, 3.05) is 7.05 Å². The van der Waals surface area contributed by atoms with E-state index >= 15 is 0 Å². The molecule has 2 rings (SSSR count). The van der Waals surface area contributed by atoms with Crippen molar-refractivity contribution < 1.29 is 0 Å². The highest BCUT2D eigenvalue weighted by Gasteiger charge is 2.18. The van der Waals surface area contributed by atoms with Crippen LogP contribution in [0, 0.1) is 0 Å². The van der Waals surface area contributed by atoms with Crippen LogP contribution in [0.4, 0.5) is 0 Å². The molecule has 1 aromatic heterocycles. The number of aromatic amines is 1. The standard InChI is InChI=1S/C10H15N3O/c1-6(11-2)9-12-8-5-3-4-7(8)10(14)13-9/h6,11H,3-5H2,1-2H3,(H,12,13,14). The largest absolute Gasteiger partial charge is 0.311 e. The van der Waals surface area contributed by atoms with E-state index in [2.05, 4.69) is 15.3 Å². The van der Waals surface area contributed by atoms with Gasteiger partial charge in [0.2, 0.25) is 0 Å². The Morgan fingerprint density at radius 2 is 2.29 bits per heavy atom. The molecule has 0 aliphatic heterocycles. The molecule has 0 fully saturated rings. The zero-order chi connectivity index (χ0) is 10.1. The lowest BCUT2D eigenvalue weighted by atomic mass is 10.2. The monoisotopic (exact) mass is 193 g/mol. The van der Waals surface area contributed by atoms with E-state index in [1.165, 1.54) is 0 Å². The Morgan fingerprint density at radius 1 is 1.50 bits per heavy atom. The fourth-order valence-corrected chi connectivity index (χ4v) is 1.80. The second-order valence-electron chi connectivity index (χ2n) is 3.74. The first-order valence-corrected chi connectivity index (χ1v) is 5.01. The van der Waals surface area contributed by atoms with Gasteiger partial charge in [-0.2, -0.15) is 0 Å². The maximum atomic E-state index is 11.6. The first-order valence-electron chi connectivity index (χ1n) is 5.01. The summed E-state index contributed by atoms with van der Waals surface area (Å²) in [5.74, 6) is 0.748. The lowest BCUT2D eigenvalue weighted by Gasteiger charge is -2.10. The highest BCUT2D eigenvalue weighted by Crippen LogP contribution is 2.17.